The molecule has 1 rings (SSSR count). The molecule has 0 saturated carbocycles. The number of rotatable bonds is 23. The highest BCUT2D eigenvalue weighted by atomic mass is 16.5. The molecule has 9 nitrogen and oxygen atoms in total. The second-order valence-electron chi connectivity index (χ2n) is 10.4. The molecule has 3 atom stereocenters. The molecule has 0 unspecified atom stereocenters. The normalized spacial score (nSPS) is 14.5. The third kappa shape index (κ3) is 13.4. The van der Waals surface area contributed by atoms with Crippen molar-refractivity contribution in [3.05, 3.63) is 42.0 Å². The molecular formula is C31H49NO8. The van der Waals surface area contributed by atoms with E-state index in [2.05, 4.69) is 12.2 Å². The van der Waals surface area contributed by atoms with Gasteiger partial charge in [0.1, 0.15) is 11.8 Å². The van der Waals surface area contributed by atoms with Crippen LogP contribution < -0.4 is 5.32 Å². The van der Waals surface area contributed by atoms with Crippen LogP contribution in [0, 0.1) is 5.92 Å². The molecule has 0 saturated heterocycles. The largest absolute Gasteiger partial charge is 0.508 e. The molecule has 0 heterocycles. The van der Waals surface area contributed by atoms with Crippen molar-refractivity contribution in [1.82, 2.24) is 5.32 Å². The van der Waals surface area contributed by atoms with E-state index in [4.69, 9.17) is 4.74 Å². The van der Waals surface area contributed by atoms with Gasteiger partial charge in [0.25, 0.3) is 0 Å². The summed E-state index contributed by atoms with van der Waals surface area (Å²) >= 11 is 0. The van der Waals surface area contributed by atoms with E-state index in [1.165, 1.54) is 43.9 Å². The SMILES string of the molecule is CCCCCCCOCCCCCC/C=C/[C@H](C(=O)N[C@@H](Cc1ccc(O)cc1)C(=O)O)[C@@](O)(CCC)C(=O)O. The minimum atomic E-state index is -2.37. The molecule has 0 spiro atoms. The third-order valence-corrected chi connectivity index (χ3v) is 6.92. The minimum Gasteiger partial charge on any atom is -0.508 e. The van der Waals surface area contributed by atoms with Crippen LogP contribution in [0.15, 0.2) is 36.4 Å². The first-order valence-electron chi connectivity index (χ1n) is 14.7. The van der Waals surface area contributed by atoms with E-state index >= 15 is 0 Å². The fourth-order valence-corrected chi connectivity index (χ4v) is 4.53. The van der Waals surface area contributed by atoms with E-state index in [1.54, 1.807) is 25.1 Å². The Hall–Kier alpha value is -2.91. The lowest BCUT2D eigenvalue weighted by atomic mass is 9.82. The maximum atomic E-state index is 13.2. The standard InChI is InChI=1S/C31H49NO8/c1-3-5-6-10-13-21-40-22-14-11-8-7-9-12-15-26(31(39,20-4-2)30(37)38)28(34)32-27(29(35)36)23-24-16-18-25(33)19-17-24/h12,15-19,26-27,33,39H,3-11,13-14,20-23H2,1-2H3,(H,32,34)(H,35,36)(H,37,38)/b15-12+/t26-,27+,31+/m1/s1. The van der Waals surface area contributed by atoms with Gasteiger partial charge < -0.3 is 30.5 Å². The van der Waals surface area contributed by atoms with Gasteiger partial charge in [-0.3, -0.25) is 4.79 Å². The molecule has 0 fully saturated rings. The summed E-state index contributed by atoms with van der Waals surface area (Å²) < 4.78 is 5.68. The molecule has 0 aliphatic heterocycles. The monoisotopic (exact) mass is 563 g/mol. The van der Waals surface area contributed by atoms with Crippen molar-refractivity contribution in [3.63, 3.8) is 0 Å². The zero-order valence-electron chi connectivity index (χ0n) is 24.1. The number of aliphatic hydroxyl groups is 1. The second-order valence-corrected chi connectivity index (χ2v) is 10.4. The predicted octanol–water partition coefficient (Wildman–Crippen LogP) is 5.23. The molecule has 0 aliphatic rings. The zero-order chi connectivity index (χ0) is 29.8. The van der Waals surface area contributed by atoms with Crippen molar-refractivity contribution in [1.29, 1.82) is 0 Å². The van der Waals surface area contributed by atoms with Crippen LogP contribution in [-0.2, 0) is 25.5 Å². The van der Waals surface area contributed by atoms with Gasteiger partial charge in [0, 0.05) is 19.6 Å². The zero-order valence-corrected chi connectivity index (χ0v) is 24.1. The summed E-state index contributed by atoms with van der Waals surface area (Å²) in [7, 11) is 0. The molecule has 0 aromatic heterocycles. The van der Waals surface area contributed by atoms with Crippen LogP contribution in [0.2, 0.25) is 0 Å². The van der Waals surface area contributed by atoms with Crippen molar-refractivity contribution in [2.75, 3.05) is 13.2 Å². The molecule has 1 aromatic rings. The summed E-state index contributed by atoms with van der Waals surface area (Å²) in [6, 6.07) is 4.57. The minimum absolute atomic E-state index is 0.0254. The average Bonchev–Trinajstić information content (AvgIpc) is 2.91. The third-order valence-electron chi connectivity index (χ3n) is 6.92. The maximum Gasteiger partial charge on any atom is 0.336 e. The van der Waals surface area contributed by atoms with Gasteiger partial charge in [-0.15, -0.1) is 0 Å². The number of benzene rings is 1. The van der Waals surface area contributed by atoms with E-state index in [-0.39, 0.29) is 18.6 Å². The molecule has 0 radical (unpaired) electrons. The van der Waals surface area contributed by atoms with Crippen molar-refractivity contribution in [3.8, 4) is 5.75 Å². The first kappa shape index (κ1) is 35.1. The van der Waals surface area contributed by atoms with Gasteiger partial charge in [-0.05, 0) is 49.8 Å². The summed E-state index contributed by atoms with van der Waals surface area (Å²) in [6.45, 7) is 5.44. The summed E-state index contributed by atoms with van der Waals surface area (Å²) in [5.74, 6) is -5.13. The van der Waals surface area contributed by atoms with E-state index in [0.717, 1.165) is 45.3 Å². The molecule has 0 bridgehead atoms. The quantitative estimate of drug-likeness (QED) is 0.0896. The number of amides is 1. The molecule has 9 heteroatoms. The fourth-order valence-electron chi connectivity index (χ4n) is 4.53. The Morgan fingerprint density at radius 1 is 0.900 bits per heavy atom. The molecule has 1 aromatic carbocycles. The molecule has 5 N–H and O–H groups in total. The molecule has 40 heavy (non-hydrogen) atoms. The van der Waals surface area contributed by atoms with Crippen LogP contribution in [-0.4, -0.2) is 63.1 Å². The first-order valence-corrected chi connectivity index (χ1v) is 14.7. The van der Waals surface area contributed by atoms with Gasteiger partial charge in [-0.1, -0.05) is 83.1 Å². The number of aromatic hydroxyl groups is 1. The Kier molecular flexibility index (Phi) is 17.6. The second kappa shape index (κ2) is 20.0. The van der Waals surface area contributed by atoms with Gasteiger partial charge in [0.2, 0.25) is 5.91 Å². The van der Waals surface area contributed by atoms with Crippen LogP contribution in [0.25, 0.3) is 0 Å². The van der Waals surface area contributed by atoms with Crippen LogP contribution in [0.1, 0.15) is 96.5 Å². The Bertz CT molecular complexity index is 901. The predicted molar refractivity (Wildman–Crippen MR) is 154 cm³/mol. The highest BCUT2D eigenvalue weighted by Gasteiger charge is 2.46. The van der Waals surface area contributed by atoms with Crippen LogP contribution >= 0.6 is 0 Å². The summed E-state index contributed by atoms with van der Waals surface area (Å²) in [5, 5.41) is 42.3. The fraction of sp³-hybridized carbons (Fsp3) is 0.645. The number of ether oxygens (including phenoxy) is 1. The topological polar surface area (TPSA) is 153 Å². The van der Waals surface area contributed by atoms with Crippen molar-refractivity contribution in [2.45, 2.75) is 109 Å². The molecule has 1 amide bonds. The number of nitrogens with one attached hydrogen (secondary N) is 1. The Morgan fingerprint density at radius 3 is 2.05 bits per heavy atom. The molecule has 0 aliphatic carbocycles. The van der Waals surface area contributed by atoms with Crippen LogP contribution in [0.3, 0.4) is 0 Å². The maximum absolute atomic E-state index is 13.2. The number of carboxylic acids is 2. The smallest absolute Gasteiger partial charge is 0.336 e. The van der Waals surface area contributed by atoms with E-state index < -0.39 is 35.4 Å². The van der Waals surface area contributed by atoms with E-state index in [0.29, 0.717) is 18.4 Å². The number of aliphatic carboxylic acids is 2. The summed E-state index contributed by atoms with van der Waals surface area (Å²) in [5.41, 5.74) is -1.80. The Labute approximate surface area is 238 Å². The number of unbranched alkanes of at least 4 members (excludes halogenated alkanes) is 8. The Morgan fingerprint density at radius 2 is 1.50 bits per heavy atom. The summed E-state index contributed by atoms with van der Waals surface area (Å²) in [4.78, 5) is 37.1. The van der Waals surface area contributed by atoms with Crippen molar-refractivity contribution >= 4 is 17.8 Å². The van der Waals surface area contributed by atoms with Gasteiger partial charge >= 0.3 is 11.9 Å². The van der Waals surface area contributed by atoms with Crippen LogP contribution in [0.5, 0.6) is 5.75 Å². The van der Waals surface area contributed by atoms with Crippen LogP contribution in [0.4, 0.5) is 0 Å². The lowest BCUT2D eigenvalue weighted by Gasteiger charge is -2.30. The number of carboxylic acid groups (broad SMARTS) is 2. The lowest BCUT2D eigenvalue weighted by Crippen LogP contribution is -2.54. The highest BCUT2D eigenvalue weighted by molar-refractivity contribution is 5.92. The number of phenolic OH excluding ortho intramolecular Hbond substituents is 1. The van der Waals surface area contributed by atoms with Gasteiger partial charge in [-0.2, -0.15) is 0 Å². The molecular weight excluding hydrogens is 514 g/mol. The van der Waals surface area contributed by atoms with E-state index in [9.17, 15) is 34.8 Å². The Balaban J connectivity index is 2.67. The van der Waals surface area contributed by atoms with Gasteiger partial charge in [-0.25, -0.2) is 9.59 Å². The summed E-state index contributed by atoms with van der Waals surface area (Å²) in [6.07, 6.45) is 13.6. The number of hydrogen-bond acceptors (Lipinski definition) is 6. The number of phenols is 1. The van der Waals surface area contributed by atoms with Crippen molar-refractivity contribution in [2.24, 2.45) is 5.92 Å². The van der Waals surface area contributed by atoms with Crippen molar-refractivity contribution < 1.29 is 39.5 Å². The number of carbonyl (C=O) groups is 3. The first-order chi connectivity index (χ1) is 19.2. The highest BCUT2D eigenvalue weighted by Crippen LogP contribution is 2.27. The number of hydrogen-bond donors (Lipinski definition) is 5. The number of carbonyl (C=O) groups excluding carboxylic acids is 1. The van der Waals surface area contributed by atoms with E-state index in [1.807, 2.05) is 0 Å². The van der Waals surface area contributed by atoms with Gasteiger partial charge in [0.15, 0.2) is 5.60 Å². The number of allylic oxidation sites excluding steroid dienone is 1. The molecule has 226 valence electrons. The van der Waals surface area contributed by atoms with Gasteiger partial charge in [0.05, 0.1) is 5.92 Å². The average molecular weight is 564 g/mol. The lowest BCUT2D eigenvalue weighted by molar-refractivity contribution is -0.167.